The first-order valence-electron chi connectivity index (χ1n) is 33.8. The molecule has 0 heterocycles. The number of nitrogens with one attached hydrogen (secondary N) is 1. The van der Waals surface area contributed by atoms with Crippen molar-refractivity contribution in [1.29, 1.82) is 0 Å². The third-order valence-corrected chi connectivity index (χ3v) is 15.7. The topological polar surface area (TPSA) is 95.9 Å². The zero-order valence-electron chi connectivity index (χ0n) is 50.5. The molecule has 0 radical (unpaired) electrons. The molecule has 0 aromatic carbocycles. The molecule has 0 fully saturated rings. The van der Waals surface area contributed by atoms with Crippen molar-refractivity contribution in [1.82, 2.24) is 5.32 Å². The Bertz CT molecular complexity index is 1210. The minimum Gasteiger partial charge on any atom is -0.466 e. The molecule has 3 N–H and O–H groups in total. The van der Waals surface area contributed by atoms with E-state index in [1.165, 1.54) is 289 Å². The minimum absolute atomic E-state index is 0.00630. The quantitative estimate of drug-likeness (QED) is 0.0320. The molecule has 6 heteroatoms. The number of aliphatic hydroxyl groups is 2. The van der Waals surface area contributed by atoms with E-state index in [1.54, 1.807) is 6.08 Å². The number of aliphatic hydroxyl groups excluding tert-OH is 2. The van der Waals surface area contributed by atoms with Gasteiger partial charge in [0.05, 0.1) is 25.4 Å². The molecule has 442 valence electrons. The fourth-order valence-corrected chi connectivity index (χ4v) is 10.5. The maximum Gasteiger partial charge on any atom is 0.305 e. The van der Waals surface area contributed by atoms with Crippen LogP contribution < -0.4 is 5.32 Å². The van der Waals surface area contributed by atoms with Crippen molar-refractivity contribution in [3.05, 3.63) is 36.5 Å². The zero-order valence-corrected chi connectivity index (χ0v) is 50.5. The summed E-state index contributed by atoms with van der Waals surface area (Å²) in [7, 11) is 0. The van der Waals surface area contributed by atoms with Gasteiger partial charge in [-0.05, 0) is 57.8 Å². The summed E-state index contributed by atoms with van der Waals surface area (Å²) in [6.07, 6.45) is 82.3. The van der Waals surface area contributed by atoms with Crippen molar-refractivity contribution in [3.63, 3.8) is 0 Å². The predicted octanol–water partition coefficient (Wildman–Crippen LogP) is 21.5. The smallest absolute Gasteiger partial charge is 0.305 e. The van der Waals surface area contributed by atoms with Gasteiger partial charge in [0.15, 0.2) is 0 Å². The van der Waals surface area contributed by atoms with Crippen molar-refractivity contribution in [2.75, 3.05) is 13.2 Å². The molecular formula is C69H131NO5. The van der Waals surface area contributed by atoms with Gasteiger partial charge in [0, 0.05) is 12.8 Å². The summed E-state index contributed by atoms with van der Waals surface area (Å²) in [5.41, 5.74) is 0. The van der Waals surface area contributed by atoms with Gasteiger partial charge in [-0.3, -0.25) is 9.59 Å². The van der Waals surface area contributed by atoms with Gasteiger partial charge in [-0.15, -0.1) is 0 Å². The molecule has 0 spiro atoms. The number of carbonyl (C=O) groups excluding carboxylic acids is 2. The number of unbranched alkanes of at least 4 members (excludes halogenated alkanes) is 48. The fourth-order valence-electron chi connectivity index (χ4n) is 10.5. The number of ether oxygens (including phenoxy) is 1. The standard InChI is InChI=1S/C69H131NO5/c1-3-5-7-9-11-13-15-17-39-43-47-51-55-59-63-69(74)75-64-60-56-52-48-44-40-37-35-33-31-29-27-25-23-21-19-18-20-22-24-26-28-30-32-34-36-38-42-46-50-54-58-62-68(73)70-66(65-71)67(72)61-57-53-49-45-41-16-14-12-10-8-6-4-2/h9,11,15,17,57,61,66-67,71-72H,3-8,10,12-14,16,18-56,58-60,62-65H2,1-2H3,(H,70,73)/b11-9-,17-15-,61-57+. The van der Waals surface area contributed by atoms with Crippen molar-refractivity contribution >= 4 is 11.9 Å². The summed E-state index contributed by atoms with van der Waals surface area (Å²) in [6, 6.07) is -0.623. The number of hydrogen-bond donors (Lipinski definition) is 3. The van der Waals surface area contributed by atoms with Crippen LogP contribution in [0.1, 0.15) is 367 Å². The summed E-state index contributed by atoms with van der Waals surface area (Å²) < 4.78 is 5.48. The molecule has 0 aliphatic rings. The van der Waals surface area contributed by atoms with E-state index >= 15 is 0 Å². The average Bonchev–Trinajstić information content (AvgIpc) is 3.41. The van der Waals surface area contributed by atoms with E-state index in [1.807, 2.05) is 6.08 Å². The molecule has 0 aliphatic carbocycles. The lowest BCUT2D eigenvalue weighted by Gasteiger charge is -2.20. The molecule has 0 aliphatic heterocycles. The second kappa shape index (κ2) is 64.6. The monoisotopic (exact) mass is 1050 g/mol. The number of rotatable bonds is 63. The van der Waals surface area contributed by atoms with E-state index in [4.69, 9.17) is 4.74 Å². The molecule has 1 amide bonds. The van der Waals surface area contributed by atoms with Crippen molar-refractivity contribution < 1.29 is 24.5 Å². The molecule has 2 unspecified atom stereocenters. The van der Waals surface area contributed by atoms with Crippen LogP contribution >= 0.6 is 0 Å². The first kappa shape index (κ1) is 73.1. The zero-order chi connectivity index (χ0) is 54.3. The molecule has 0 aromatic rings. The number of esters is 1. The number of carbonyl (C=O) groups is 2. The summed E-state index contributed by atoms with van der Waals surface area (Å²) >= 11 is 0. The highest BCUT2D eigenvalue weighted by molar-refractivity contribution is 5.76. The van der Waals surface area contributed by atoms with Gasteiger partial charge in [0.2, 0.25) is 5.91 Å². The Labute approximate surface area is 468 Å². The molecule has 0 bridgehead atoms. The van der Waals surface area contributed by atoms with Crippen LogP contribution in [0.3, 0.4) is 0 Å². The molecular weight excluding hydrogens is 923 g/mol. The predicted molar refractivity (Wildman–Crippen MR) is 329 cm³/mol. The van der Waals surface area contributed by atoms with Crippen LogP contribution in [0.5, 0.6) is 0 Å². The largest absolute Gasteiger partial charge is 0.466 e. The van der Waals surface area contributed by atoms with Gasteiger partial charge < -0.3 is 20.3 Å². The van der Waals surface area contributed by atoms with Gasteiger partial charge in [0.25, 0.3) is 0 Å². The number of amides is 1. The second-order valence-electron chi connectivity index (χ2n) is 23.2. The van der Waals surface area contributed by atoms with Gasteiger partial charge in [-0.1, -0.05) is 333 Å². The average molecular weight is 1050 g/mol. The van der Waals surface area contributed by atoms with E-state index in [9.17, 15) is 19.8 Å². The van der Waals surface area contributed by atoms with Crippen LogP contribution in [0.25, 0.3) is 0 Å². The van der Waals surface area contributed by atoms with Crippen LogP contribution in [0.15, 0.2) is 36.5 Å². The van der Waals surface area contributed by atoms with E-state index in [-0.39, 0.29) is 18.5 Å². The second-order valence-corrected chi connectivity index (χ2v) is 23.2. The lowest BCUT2D eigenvalue weighted by Crippen LogP contribution is -2.45. The van der Waals surface area contributed by atoms with Gasteiger partial charge in [-0.2, -0.15) is 0 Å². The van der Waals surface area contributed by atoms with Crippen molar-refractivity contribution in [2.24, 2.45) is 0 Å². The number of allylic oxidation sites excluding steroid dienone is 5. The van der Waals surface area contributed by atoms with Crippen molar-refractivity contribution in [3.8, 4) is 0 Å². The summed E-state index contributed by atoms with van der Waals surface area (Å²) in [4.78, 5) is 24.5. The van der Waals surface area contributed by atoms with Gasteiger partial charge >= 0.3 is 5.97 Å². The maximum absolute atomic E-state index is 12.4. The van der Waals surface area contributed by atoms with Crippen molar-refractivity contribution in [2.45, 2.75) is 379 Å². The fraction of sp³-hybridized carbons (Fsp3) is 0.884. The summed E-state index contributed by atoms with van der Waals surface area (Å²) in [6.45, 7) is 4.87. The van der Waals surface area contributed by atoms with Crippen LogP contribution in [-0.2, 0) is 14.3 Å². The molecule has 0 saturated carbocycles. The Morgan fingerprint density at radius 2 is 0.680 bits per heavy atom. The van der Waals surface area contributed by atoms with Gasteiger partial charge in [-0.25, -0.2) is 0 Å². The molecule has 0 rings (SSSR count). The Morgan fingerprint density at radius 3 is 1.05 bits per heavy atom. The highest BCUT2D eigenvalue weighted by Gasteiger charge is 2.18. The highest BCUT2D eigenvalue weighted by Crippen LogP contribution is 2.18. The third-order valence-electron chi connectivity index (χ3n) is 15.7. The van der Waals surface area contributed by atoms with E-state index in [2.05, 4.69) is 43.5 Å². The molecule has 0 aromatic heterocycles. The molecule has 0 saturated heterocycles. The van der Waals surface area contributed by atoms with E-state index in [0.717, 1.165) is 51.4 Å². The minimum atomic E-state index is -0.840. The number of hydrogen-bond acceptors (Lipinski definition) is 5. The van der Waals surface area contributed by atoms with Crippen LogP contribution in [0.2, 0.25) is 0 Å². The third kappa shape index (κ3) is 61.2. The first-order valence-corrected chi connectivity index (χ1v) is 33.8. The van der Waals surface area contributed by atoms with Crippen LogP contribution in [0, 0.1) is 0 Å². The maximum atomic E-state index is 12.4. The molecule has 6 nitrogen and oxygen atoms in total. The van der Waals surface area contributed by atoms with Gasteiger partial charge in [0.1, 0.15) is 0 Å². The van der Waals surface area contributed by atoms with E-state index < -0.39 is 12.1 Å². The Kier molecular flexibility index (Phi) is 63.0. The lowest BCUT2D eigenvalue weighted by molar-refractivity contribution is -0.143. The van der Waals surface area contributed by atoms with Crippen LogP contribution in [0.4, 0.5) is 0 Å². The molecule has 2 atom stereocenters. The Balaban J connectivity index is 3.32. The summed E-state index contributed by atoms with van der Waals surface area (Å²) in [5, 5.41) is 23.1. The summed E-state index contributed by atoms with van der Waals surface area (Å²) in [5.74, 6) is -0.0567. The van der Waals surface area contributed by atoms with Crippen LogP contribution in [-0.4, -0.2) is 47.4 Å². The Hall–Kier alpha value is -1.92. The highest BCUT2D eigenvalue weighted by atomic mass is 16.5. The van der Waals surface area contributed by atoms with E-state index in [0.29, 0.717) is 19.4 Å². The first-order chi connectivity index (χ1) is 37.0. The normalized spacial score (nSPS) is 12.7. The Morgan fingerprint density at radius 1 is 0.373 bits per heavy atom. The molecule has 75 heavy (non-hydrogen) atoms. The lowest BCUT2D eigenvalue weighted by atomic mass is 10.0. The SMILES string of the molecule is CCCC/C=C\C/C=C\CCCCCCCC(=O)OCCCCCCCCCCCCCCCCCCCCCCCCCCCCCCCCCCC(=O)NC(CO)C(O)/C=C/CCCCCCCCCCCC.